The lowest BCUT2D eigenvalue weighted by Crippen LogP contribution is -2.19. The Hall–Kier alpha value is -1.43. The fourth-order valence-corrected chi connectivity index (χ4v) is 2.82. The Morgan fingerprint density at radius 1 is 1.00 bits per heavy atom. The third kappa shape index (κ3) is 2.46. The molecule has 0 saturated carbocycles. The summed E-state index contributed by atoms with van der Waals surface area (Å²) >= 11 is 0. The molecule has 0 heterocycles. The van der Waals surface area contributed by atoms with Crippen molar-refractivity contribution in [3.05, 3.63) is 42.5 Å². The number of hydrogen-bond donors (Lipinski definition) is 0. The summed E-state index contributed by atoms with van der Waals surface area (Å²) in [6, 6.07) is 12.4. The van der Waals surface area contributed by atoms with E-state index in [4.69, 9.17) is 4.28 Å². The zero-order valence-corrected chi connectivity index (χ0v) is 10.4. The molecular weight excluding hydrogens is 238 g/mol. The highest BCUT2D eigenvalue weighted by Gasteiger charge is 2.19. The monoisotopic (exact) mass is 251 g/mol. The van der Waals surface area contributed by atoms with E-state index in [1.54, 1.807) is 24.3 Å². The van der Waals surface area contributed by atoms with Gasteiger partial charge in [0.15, 0.2) is 0 Å². The molecule has 2 aromatic carbocycles. The molecule has 4 nitrogen and oxygen atoms in total. The highest BCUT2D eigenvalue weighted by Crippen LogP contribution is 2.24. The van der Waals surface area contributed by atoms with Crippen LogP contribution in [0.15, 0.2) is 47.4 Å². The Morgan fingerprint density at radius 3 is 2.35 bits per heavy atom. The second kappa shape index (κ2) is 4.44. The van der Waals surface area contributed by atoms with Crippen LogP contribution in [0.5, 0.6) is 0 Å². The van der Waals surface area contributed by atoms with Crippen LogP contribution in [0.25, 0.3) is 10.8 Å². The van der Waals surface area contributed by atoms with Crippen molar-refractivity contribution in [2.75, 3.05) is 14.1 Å². The topological polar surface area (TPSA) is 46.6 Å². The zero-order valence-electron chi connectivity index (χ0n) is 9.62. The van der Waals surface area contributed by atoms with E-state index >= 15 is 0 Å². The van der Waals surface area contributed by atoms with Crippen molar-refractivity contribution >= 4 is 20.9 Å². The Labute approximate surface area is 101 Å². The summed E-state index contributed by atoms with van der Waals surface area (Å²) in [5.74, 6) is 0. The van der Waals surface area contributed by atoms with Crippen LogP contribution in [0.4, 0.5) is 0 Å². The first-order valence-electron chi connectivity index (χ1n) is 5.10. The number of benzene rings is 2. The molecule has 0 aliphatic heterocycles. The maximum Gasteiger partial charge on any atom is 0.313 e. The molecule has 2 aromatic rings. The van der Waals surface area contributed by atoms with E-state index in [2.05, 4.69) is 0 Å². The smallest absolute Gasteiger partial charge is 0.192 e. The summed E-state index contributed by atoms with van der Waals surface area (Å²) in [7, 11) is -0.699. The van der Waals surface area contributed by atoms with E-state index in [0.29, 0.717) is 5.39 Å². The molecule has 17 heavy (non-hydrogen) atoms. The molecule has 2 rings (SSSR count). The van der Waals surface area contributed by atoms with Gasteiger partial charge in [0.05, 0.1) is 0 Å². The number of rotatable bonds is 3. The first-order chi connectivity index (χ1) is 8.00. The van der Waals surface area contributed by atoms with Gasteiger partial charge in [-0.25, -0.2) is 0 Å². The highest BCUT2D eigenvalue weighted by atomic mass is 32.2. The largest absolute Gasteiger partial charge is 0.313 e. The molecule has 0 N–H and O–H groups in total. The maximum absolute atomic E-state index is 12.0. The van der Waals surface area contributed by atoms with Crippen LogP contribution < -0.4 is 0 Å². The van der Waals surface area contributed by atoms with Gasteiger partial charge in [0.2, 0.25) is 0 Å². The van der Waals surface area contributed by atoms with E-state index in [0.717, 1.165) is 10.4 Å². The van der Waals surface area contributed by atoms with Gasteiger partial charge >= 0.3 is 10.1 Å². The summed E-state index contributed by atoms with van der Waals surface area (Å²) in [6.07, 6.45) is 0. The average molecular weight is 251 g/mol. The molecule has 5 heteroatoms. The molecule has 0 fully saturated rings. The molecule has 0 bridgehead atoms. The Morgan fingerprint density at radius 2 is 1.65 bits per heavy atom. The lowest BCUT2D eigenvalue weighted by molar-refractivity contribution is 0.00528. The van der Waals surface area contributed by atoms with Gasteiger partial charge in [0.1, 0.15) is 4.90 Å². The molecule has 0 aromatic heterocycles. The third-order valence-corrected chi connectivity index (χ3v) is 3.66. The van der Waals surface area contributed by atoms with E-state index in [1.165, 1.54) is 14.1 Å². The van der Waals surface area contributed by atoms with Crippen LogP contribution >= 0.6 is 0 Å². The highest BCUT2D eigenvalue weighted by molar-refractivity contribution is 7.87. The summed E-state index contributed by atoms with van der Waals surface area (Å²) < 4.78 is 28.8. The summed E-state index contributed by atoms with van der Waals surface area (Å²) in [6.45, 7) is 0. The number of fused-ring (bicyclic) bond motifs is 1. The van der Waals surface area contributed by atoms with Gasteiger partial charge in [0.25, 0.3) is 0 Å². The minimum Gasteiger partial charge on any atom is -0.192 e. The first kappa shape index (κ1) is 12.0. The molecule has 0 amide bonds. The Kier molecular flexibility index (Phi) is 3.15. The lowest BCUT2D eigenvalue weighted by atomic mass is 10.1. The third-order valence-electron chi connectivity index (χ3n) is 2.27. The number of hydroxylamine groups is 2. The fourth-order valence-electron chi connectivity index (χ4n) is 1.65. The summed E-state index contributed by atoms with van der Waals surface area (Å²) in [5, 5.41) is 2.70. The van der Waals surface area contributed by atoms with Gasteiger partial charge in [-0.15, -0.1) is 0 Å². The molecule has 90 valence electrons. The number of nitrogens with zero attached hydrogens (tertiary/aromatic N) is 1. The van der Waals surface area contributed by atoms with Gasteiger partial charge in [0, 0.05) is 19.5 Å². The Bertz CT molecular complexity index is 630. The van der Waals surface area contributed by atoms with Gasteiger partial charge in [-0.2, -0.15) is 17.8 Å². The SMILES string of the molecule is CN(C)OS(=O)(=O)c1cccc2ccccc12. The molecule has 0 spiro atoms. The van der Waals surface area contributed by atoms with Gasteiger partial charge in [-0.05, 0) is 11.5 Å². The molecule has 0 atom stereocenters. The maximum atomic E-state index is 12.0. The van der Waals surface area contributed by atoms with E-state index in [1.807, 2.05) is 18.2 Å². The van der Waals surface area contributed by atoms with Crippen molar-refractivity contribution in [3.63, 3.8) is 0 Å². The van der Waals surface area contributed by atoms with Crippen molar-refractivity contribution in [2.45, 2.75) is 4.90 Å². The summed E-state index contributed by atoms with van der Waals surface area (Å²) in [5.41, 5.74) is 0. The number of hydrogen-bond acceptors (Lipinski definition) is 4. The standard InChI is InChI=1S/C12H13NO3S/c1-13(2)16-17(14,15)12-9-5-7-10-6-3-4-8-11(10)12/h3-9H,1-2H3. The normalized spacial score (nSPS) is 12.2. The summed E-state index contributed by atoms with van der Waals surface area (Å²) in [4.78, 5) is 0.185. The minimum absolute atomic E-state index is 0.185. The van der Waals surface area contributed by atoms with Crippen molar-refractivity contribution in [1.82, 2.24) is 5.06 Å². The van der Waals surface area contributed by atoms with Crippen LogP contribution in [-0.4, -0.2) is 27.6 Å². The molecular formula is C12H13NO3S. The van der Waals surface area contributed by atoms with Crippen molar-refractivity contribution < 1.29 is 12.7 Å². The predicted octanol–water partition coefficient (Wildman–Crippen LogP) is 2.02. The van der Waals surface area contributed by atoms with Gasteiger partial charge < -0.3 is 0 Å². The van der Waals surface area contributed by atoms with E-state index in [-0.39, 0.29) is 4.90 Å². The van der Waals surface area contributed by atoms with E-state index in [9.17, 15) is 8.42 Å². The van der Waals surface area contributed by atoms with Gasteiger partial charge in [-0.3, -0.25) is 0 Å². The van der Waals surface area contributed by atoms with E-state index < -0.39 is 10.1 Å². The van der Waals surface area contributed by atoms with Crippen LogP contribution in [-0.2, 0) is 14.4 Å². The van der Waals surface area contributed by atoms with Crippen molar-refractivity contribution in [2.24, 2.45) is 0 Å². The molecule has 0 radical (unpaired) electrons. The second-order valence-corrected chi connectivity index (χ2v) is 5.32. The van der Waals surface area contributed by atoms with Crippen LogP contribution in [0.3, 0.4) is 0 Å². The molecule has 0 aliphatic rings. The fraction of sp³-hybridized carbons (Fsp3) is 0.167. The first-order valence-corrected chi connectivity index (χ1v) is 6.51. The zero-order chi connectivity index (χ0) is 12.5. The Balaban J connectivity index is 2.63. The molecule has 0 saturated heterocycles. The van der Waals surface area contributed by atoms with Gasteiger partial charge in [-0.1, -0.05) is 36.4 Å². The quantitative estimate of drug-likeness (QED) is 0.783. The lowest BCUT2D eigenvalue weighted by Gasteiger charge is -2.11. The van der Waals surface area contributed by atoms with Crippen LogP contribution in [0, 0.1) is 0 Å². The van der Waals surface area contributed by atoms with Crippen molar-refractivity contribution in [1.29, 1.82) is 0 Å². The minimum atomic E-state index is -3.76. The van der Waals surface area contributed by atoms with Crippen LogP contribution in [0.2, 0.25) is 0 Å². The predicted molar refractivity (Wildman–Crippen MR) is 65.9 cm³/mol. The molecule has 0 unspecified atom stereocenters. The van der Waals surface area contributed by atoms with Crippen molar-refractivity contribution in [3.8, 4) is 0 Å². The van der Waals surface area contributed by atoms with Crippen LogP contribution in [0.1, 0.15) is 0 Å². The molecule has 0 aliphatic carbocycles. The average Bonchev–Trinajstić information content (AvgIpc) is 2.26. The second-order valence-electron chi connectivity index (χ2n) is 3.82.